The second kappa shape index (κ2) is 4.84. The van der Waals surface area contributed by atoms with Crippen LogP contribution in [0.5, 0.6) is 0 Å². The molecule has 2 N–H and O–H groups in total. The predicted octanol–water partition coefficient (Wildman–Crippen LogP) is 2.38. The molecule has 0 amide bonds. The van der Waals surface area contributed by atoms with Crippen LogP contribution in [0.25, 0.3) is 0 Å². The van der Waals surface area contributed by atoms with Gasteiger partial charge in [0.25, 0.3) is 0 Å². The number of hydrogen-bond acceptors (Lipinski definition) is 2. The Morgan fingerprint density at radius 2 is 2.07 bits per heavy atom. The molecule has 0 radical (unpaired) electrons. The minimum Gasteiger partial charge on any atom is -0.329 e. The minimum absolute atomic E-state index is 0.446. The minimum atomic E-state index is 0.446. The van der Waals surface area contributed by atoms with Crippen LogP contribution in [-0.2, 0) is 0 Å². The quantitative estimate of drug-likeness (QED) is 0.772. The Bertz CT molecular complexity index is 199. The molecule has 1 aliphatic heterocycles. The highest BCUT2D eigenvalue weighted by Gasteiger charge is 2.46. The van der Waals surface area contributed by atoms with E-state index in [4.69, 9.17) is 5.73 Å². The third-order valence-corrected chi connectivity index (χ3v) is 4.42. The van der Waals surface area contributed by atoms with Crippen molar-refractivity contribution in [2.75, 3.05) is 19.6 Å². The molecule has 1 saturated heterocycles. The van der Waals surface area contributed by atoms with Crippen molar-refractivity contribution in [1.29, 1.82) is 0 Å². The van der Waals surface area contributed by atoms with Crippen LogP contribution in [0.15, 0.2) is 0 Å². The molecule has 2 nitrogen and oxygen atoms in total. The van der Waals surface area contributed by atoms with Gasteiger partial charge in [-0.15, -0.1) is 0 Å². The fourth-order valence-corrected chi connectivity index (χ4v) is 3.13. The Labute approximate surface area is 94.2 Å². The third kappa shape index (κ3) is 2.54. The maximum atomic E-state index is 5.90. The van der Waals surface area contributed by atoms with Gasteiger partial charge in [-0.1, -0.05) is 19.8 Å². The summed E-state index contributed by atoms with van der Waals surface area (Å²) < 4.78 is 0. The van der Waals surface area contributed by atoms with Gasteiger partial charge in [0, 0.05) is 12.1 Å². The molecule has 0 bridgehead atoms. The monoisotopic (exact) mass is 210 g/mol. The fraction of sp³-hybridized carbons (Fsp3) is 1.00. The molecule has 1 atom stereocenters. The number of nitrogens with two attached hydrogens (primary N) is 1. The van der Waals surface area contributed by atoms with Gasteiger partial charge in [0.1, 0.15) is 0 Å². The molecule has 88 valence electrons. The molecular weight excluding hydrogens is 184 g/mol. The summed E-state index contributed by atoms with van der Waals surface area (Å²) in [4.78, 5) is 2.70. The number of hydrogen-bond donors (Lipinski definition) is 1. The Hall–Kier alpha value is -0.0800. The summed E-state index contributed by atoms with van der Waals surface area (Å²) in [6.07, 6.45) is 9.74. The van der Waals surface area contributed by atoms with Crippen LogP contribution >= 0.6 is 0 Å². The highest BCUT2D eigenvalue weighted by atomic mass is 15.2. The Morgan fingerprint density at radius 3 is 2.67 bits per heavy atom. The molecule has 2 heteroatoms. The topological polar surface area (TPSA) is 29.3 Å². The van der Waals surface area contributed by atoms with Crippen molar-refractivity contribution in [2.45, 2.75) is 57.4 Å². The first kappa shape index (κ1) is 11.4. The van der Waals surface area contributed by atoms with Crippen molar-refractivity contribution in [3.8, 4) is 0 Å². The van der Waals surface area contributed by atoms with Crippen LogP contribution in [0.4, 0.5) is 0 Å². The smallest absolute Gasteiger partial charge is 0.0333 e. The predicted molar refractivity (Wildman–Crippen MR) is 64.8 cm³/mol. The van der Waals surface area contributed by atoms with E-state index in [0.29, 0.717) is 5.54 Å². The van der Waals surface area contributed by atoms with Crippen molar-refractivity contribution < 1.29 is 0 Å². The van der Waals surface area contributed by atoms with Crippen LogP contribution in [0.3, 0.4) is 0 Å². The normalized spacial score (nSPS) is 31.2. The summed E-state index contributed by atoms with van der Waals surface area (Å²) in [6, 6.07) is 0. The Morgan fingerprint density at radius 1 is 1.27 bits per heavy atom. The van der Waals surface area contributed by atoms with Gasteiger partial charge in [-0.3, -0.25) is 4.90 Å². The lowest BCUT2D eigenvalue weighted by atomic mass is 9.96. The van der Waals surface area contributed by atoms with Gasteiger partial charge in [-0.2, -0.15) is 0 Å². The summed E-state index contributed by atoms with van der Waals surface area (Å²) in [5.41, 5.74) is 6.35. The van der Waals surface area contributed by atoms with Crippen molar-refractivity contribution >= 4 is 0 Å². The molecule has 2 aliphatic rings. The van der Waals surface area contributed by atoms with E-state index in [0.717, 1.165) is 12.5 Å². The van der Waals surface area contributed by atoms with Gasteiger partial charge in [0.05, 0.1) is 0 Å². The molecule has 0 spiro atoms. The van der Waals surface area contributed by atoms with E-state index in [-0.39, 0.29) is 0 Å². The highest BCUT2D eigenvalue weighted by Crippen LogP contribution is 2.42. The summed E-state index contributed by atoms with van der Waals surface area (Å²) in [5, 5.41) is 0. The Balaban J connectivity index is 1.84. The van der Waals surface area contributed by atoms with Crippen molar-refractivity contribution in [1.82, 2.24) is 4.90 Å². The first-order valence-electron chi connectivity index (χ1n) is 6.76. The molecular formula is C13H26N2. The molecule has 2 fully saturated rings. The molecule has 0 aromatic heterocycles. The van der Waals surface area contributed by atoms with Gasteiger partial charge < -0.3 is 5.73 Å². The van der Waals surface area contributed by atoms with Crippen LogP contribution in [0.2, 0.25) is 0 Å². The zero-order chi connectivity index (χ0) is 10.7. The number of rotatable bonds is 4. The molecule has 1 saturated carbocycles. The number of nitrogens with zero attached hydrogens (tertiary/aromatic N) is 1. The largest absolute Gasteiger partial charge is 0.329 e. The summed E-state index contributed by atoms with van der Waals surface area (Å²) in [6.45, 7) is 5.80. The van der Waals surface area contributed by atoms with Crippen LogP contribution in [0.1, 0.15) is 51.9 Å². The Kier molecular flexibility index (Phi) is 3.68. The van der Waals surface area contributed by atoms with E-state index in [1.165, 1.54) is 58.0 Å². The third-order valence-electron chi connectivity index (χ3n) is 4.42. The lowest BCUT2D eigenvalue weighted by Gasteiger charge is -2.29. The lowest BCUT2D eigenvalue weighted by Crippen LogP contribution is -2.43. The first-order chi connectivity index (χ1) is 7.30. The van der Waals surface area contributed by atoms with Gasteiger partial charge in [-0.05, 0) is 51.1 Å². The SMILES string of the molecule is CCCC1CCCN(C2(CN)CC2)CC1. The fourth-order valence-electron chi connectivity index (χ4n) is 3.13. The van der Waals surface area contributed by atoms with Gasteiger partial charge in [0.15, 0.2) is 0 Å². The van der Waals surface area contributed by atoms with Gasteiger partial charge >= 0.3 is 0 Å². The molecule has 0 aromatic rings. The van der Waals surface area contributed by atoms with Crippen LogP contribution < -0.4 is 5.73 Å². The molecule has 15 heavy (non-hydrogen) atoms. The van der Waals surface area contributed by atoms with E-state index in [1.807, 2.05) is 0 Å². The second-order valence-corrected chi connectivity index (χ2v) is 5.50. The van der Waals surface area contributed by atoms with E-state index < -0.39 is 0 Å². The molecule has 1 aliphatic carbocycles. The van der Waals surface area contributed by atoms with Gasteiger partial charge in [-0.25, -0.2) is 0 Å². The van der Waals surface area contributed by atoms with E-state index in [9.17, 15) is 0 Å². The van der Waals surface area contributed by atoms with Gasteiger partial charge in [0.2, 0.25) is 0 Å². The van der Waals surface area contributed by atoms with Crippen molar-refractivity contribution in [3.63, 3.8) is 0 Å². The number of likely N-dealkylation sites (tertiary alicyclic amines) is 1. The maximum Gasteiger partial charge on any atom is 0.0333 e. The van der Waals surface area contributed by atoms with Crippen molar-refractivity contribution in [3.05, 3.63) is 0 Å². The van der Waals surface area contributed by atoms with E-state index >= 15 is 0 Å². The van der Waals surface area contributed by atoms with E-state index in [2.05, 4.69) is 11.8 Å². The van der Waals surface area contributed by atoms with E-state index in [1.54, 1.807) is 0 Å². The zero-order valence-corrected chi connectivity index (χ0v) is 10.2. The average molecular weight is 210 g/mol. The van der Waals surface area contributed by atoms with Crippen molar-refractivity contribution in [2.24, 2.45) is 11.7 Å². The standard InChI is InChI=1S/C13H26N2/c1-2-4-12-5-3-9-15(10-6-12)13(11-14)7-8-13/h12H,2-11,14H2,1H3. The summed E-state index contributed by atoms with van der Waals surface area (Å²) >= 11 is 0. The lowest BCUT2D eigenvalue weighted by molar-refractivity contribution is 0.186. The average Bonchev–Trinajstić information content (AvgIpc) is 3.01. The maximum absolute atomic E-state index is 5.90. The van der Waals surface area contributed by atoms with Crippen LogP contribution in [0, 0.1) is 5.92 Å². The molecule has 0 aromatic carbocycles. The zero-order valence-electron chi connectivity index (χ0n) is 10.2. The highest BCUT2D eigenvalue weighted by molar-refractivity contribution is 5.05. The van der Waals surface area contributed by atoms with Crippen LogP contribution in [-0.4, -0.2) is 30.1 Å². The second-order valence-electron chi connectivity index (χ2n) is 5.50. The summed E-state index contributed by atoms with van der Waals surface area (Å²) in [7, 11) is 0. The molecule has 1 heterocycles. The molecule has 2 rings (SSSR count). The summed E-state index contributed by atoms with van der Waals surface area (Å²) in [5.74, 6) is 0.994. The molecule has 1 unspecified atom stereocenters. The first-order valence-corrected chi connectivity index (χ1v) is 6.76.